The number of benzene rings is 1. The van der Waals surface area contributed by atoms with Gasteiger partial charge in [0.1, 0.15) is 0 Å². The molecule has 0 saturated carbocycles. The van der Waals surface area contributed by atoms with Gasteiger partial charge < -0.3 is 10.3 Å². The van der Waals surface area contributed by atoms with E-state index in [0.717, 1.165) is 13.0 Å². The fourth-order valence-corrected chi connectivity index (χ4v) is 2.41. The summed E-state index contributed by atoms with van der Waals surface area (Å²) in [5, 5.41) is 1.32. The number of fused-ring (bicyclic) bond motifs is 3. The van der Waals surface area contributed by atoms with Crippen molar-refractivity contribution in [3.05, 3.63) is 36.0 Å². The van der Waals surface area contributed by atoms with E-state index in [0.29, 0.717) is 0 Å². The SMILES string of the molecule is NC1CCCn2c1cc1ccccc12. The van der Waals surface area contributed by atoms with Crippen molar-refractivity contribution in [3.8, 4) is 0 Å². The molecule has 0 amide bonds. The Morgan fingerprint density at radius 1 is 1.29 bits per heavy atom. The van der Waals surface area contributed by atoms with Gasteiger partial charge in [0.05, 0.1) is 0 Å². The minimum atomic E-state index is 0.233. The van der Waals surface area contributed by atoms with Gasteiger partial charge in [0.15, 0.2) is 0 Å². The van der Waals surface area contributed by atoms with Crippen LogP contribution in [0.25, 0.3) is 10.9 Å². The van der Waals surface area contributed by atoms with Crippen LogP contribution in [-0.2, 0) is 6.54 Å². The van der Waals surface area contributed by atoms with Gasteiger partial charge in [-0.05, 0) is 30.4 Å². The molecule has 2 aromatic rings. The average molecular weight is 186 g/mol. The van der Waals surface area contributed by atoms with Gasteiger partial charge in [-0.15, -0.1) is 0 Å². The first-order chi connectivity index (χ1) is 6.86. The summed E-state index contributed by atoms with van der Waals surface area (Å²) in [6.45, 7) is 1.12. The Hall–Kier alpha value is -1.28. The largest absolute Gasteiger partial charge is 0.343 e. The van der Waals surface area contributed by atoms with Gasteiger partial charge in [-0.2, -0.15) is 0 Å². The zero-order valence-corrected chi connectivity index (χ0v) is 8.11. The van der Waals surface area contributed by atoms with Gasteiger partial charge in [-0.1, -0.05) is 18.2 Å². The highest BCUT2D eigenvalue weighted by Crippen LogP contribution is 2.29. The molecule has 0 spiro atoms. The number of hydrogen-bond donors (Lipinski definition) is 1. The highest BCUT2D eigenvalue weighted by Gasteiger charge is 2.18. The molecule has 2 heterocycles. The highest BCUT2D eigenvalue weighted by atomic mass is 15.0. The lowest BCUT2D eigenvalue weighted by molar-refractivity contribution is 0.471. The summed E-state index contributed by atoms with van der Waals surface area (Å²) in [6.07, 6.45) is 2.32. The normalized spacial score (nSPS) is 21.1. The zero-order valence-electron chi connectivity index (χ0n) is 8.11. The summed E-state index contributed by atoms with van der Waals surface area (Å²) in [6, 6.07) is 11.0. The lowest BCUT2D eigenvalue weighted by Gasteiger charge is -2.21. The fraction of sp³-hybridized carbons (Fsp3) is 0.333. The van der Waals surface area contributed by atoms with E-state index in [1.54, 1.807) is 0 Å². The third-order valence-electron chi connectivity index (χ3n) is 3.12. The van der Waals surface area contributed by atoms with Crippen LogP contribution in [0.1, 0.15) is 24.6 Å². The predicted octanol–water partition coefficient (Wildman–Crippen LogP) is 2.43. The third-order valence-corrected chi connectivity index (χ3v) is 3.12. The zero-order chi connectivity index (χ0) is 9.54. The molecule has 0 saturated heterocycles. The molecular weight excluding hydrogens is 172 g/mol. The van der Waals surface area contributed by atoms with Gasteiger partial charge in [0.25, 0.3) is 0 Å². The monoisotopic (exact) mass is 186 g/mol. The Morgan fingerprint density at radius 2 is 2.14 bits per heavy atom. The van der Waals surface area contributed by atoms with Crippen LogP contribution in [-0.4, -0.2) is 4.57 Å². The van der Waals surface area contributed by atoms with Gasteiger partial charge in [0, 0.05) is 23.8 Å². The van der Waals surface area contributed by atoms with Crippen molar-refractivity contribution in [2.75, 3.05) is 0 Å². The Kier molecular flexibility index (Phi) is 1.64. The molecule has 2 heteroatoms. The second kappa shape index (κ2) is 2.85. The van der Waals surface area contributed by atoms with Crippen molar-refractivity contribution in [2.45, 2.75) is 25.4 Å². The van der Waals surface area contributed by atoms with E-state index >= 15 is 0 Å². The molecular formula is C12H14N2. The molecule has 1 unspecified atom stereocenters. The minimum Gasteiger partial charge on any atom is -0.343 e. The second-order valence-electron chi connectivity index (χ2n) is 4.03. The van der Waals surface area contributed by atoms with Crippen LogP contribution in [0, 0.1) is 0 Å². The molecule has 0 bridgehead atoms. The molecule has 72 valence electrons. The summed E-state index contributed by atoms with van der Waals surface area (Å²) in [5.74, 6) is 0. The number of aryl methyl sites for hydroxylation is 1. The average Bonchev–Trinajstić information content (AvgIpc) is 2.59. The molecule has 1 aromatic heterocycles. The molecule has 1 aromatic carbocycles. The van der Waals surface area contributed by atoms with Gasteiger partial charge in [-0.25, -0.2) is 0 Å². The molecule has 1 aliphatic rings. The Morgan fingerprint density at radius 3 is 3.07 bits per heavy atom. The first-order valence-electron chi connectivity index (χ1n) is 5.20. The van der Waals surface area contributed by atoms with Crippen molar-refractivity contribution >= 4 is 10.9 Å². The van der Waals surface area contributed by atoms with E-state index in [9.17, 15) is 0 Å². The van der Waals surface area contributed by atoms with Crippen molar-refractivity contribution in [1.29, 1.82) is 0 Å². The predicted molar refractivity (Wildman–Crippen MR) is 58.1 cm³/mol. The van der Waals surface area contributed by atoms with Crippen LogP contribution in [0.4, 0.5) is 0 Å². The number of rotatable bonds is 0. The van der Waals surface area contributed by atoms with Crippen LogP contribution >= 0.6 is 0 Å². The van der Waals surface area contributed by atoms with Crippen LogP contribution in [0.2, 0.25) is 0 Å². The van der Waals surface area contributed by atoms with E-state index in [-0.39, 0.29) is 6.04 Å². The maximum atomic E-state index is 6.09. The molecule has 3 rings (SSSR count). The molecule has 0 fully saturated rings. The van der Waals surface area contributed by atoms with Crippen molar-refractivity contribution in [3.63, 3.8) is 0 Å². The summed E-state index contributed by atoms with van der Waals surface area (Å²) >= 11 is 0. The van der Waals surface area contributed by atoms with Crippen molar-refractivity contribution in [2.24, 2.45) is 5.73 Å². The molecule has 14 heavy (non-hydrogen) atoms. The van der Waals surface area contributed by atoms with E-state index in [1.807, 2.05) is 0 Å². The van der Waals surface area contributed by atoms with Gasteiger partial charge >= 0.3 is 0 Å². The Balaban J connectivity index is 2.32. The van der Waals surface area contributed by atoms with Crippen molar-refractivity contribution in [1.82, 2.24) is 4.57 Å². The summed E-state index contributed by atoms with van der Waals surface area (Å²) in [7, 11) is 0. The van der Waals surface area contributed by atoms with E-state index < -0.39 is 0 Å². The Bertz CT molecular complexity index is 470. The highest BCUT2D eigenvalue weighted by molar-refractivity contribution is 5.81. The van der Waals surface area contributed by atoms with Crippen LogP contribution in [0.5, 0.6) is 0 Å². The summed E-state index contributed by atoms with van der Waals surface area (Å²) < 4.78 is 2.36. The minimum absolute atomic E-state index is 0.233. The molecule has 0 aliphatic carbocycles. The maximum absolute atomic E-state index is 6.09. The first kappa shape index (κ1) is 8.06. The molecule has 2 nitrogen and oxygen atoms in total. The van der Waals surface area contributed by atoms with Crippen LogP contribution in [0.3, 0.4) is 0 Å². The molecule has 0 radical (unpaired) electrons. The van der Waals surface area contributed by atoms with E-state index in [2.05, 4.69) is 34.9 Å². The standard InChI is InChI=1S/C12H14N2/c13-10-5-3-7-14-11-6-2-1-4-9(11)8-12(10)14/h1-2,4,6,8,10H,3,5,7,13H2. The molecule has 2 N–H and O–H groups in total. The lowest BCUT2D eigenvalue weighted by atomic mass is 10.1. The number of nitrogens with two attached hydrogens (primary N) is 1. The molecule has 1 atom stereocenters. The van der Waals surface area contributed by atoms with Gasteiger partial charge in [-0.3, -0.25) is 0 Å². The van der Waals surface area contributed by atoms with Gasteiger partial charge in [0.2, 0.25) is 0 Å². The number of hydrogen-bond acceptors (Lipinski definition) is 1. The summed E-state index contributed by atoms with van der Waals surface area (Å²) in [5.41, 5.74) is 8.72. The third kappa shape index (κ3) is 1.01. The molecule has 1 aliphatic heterocycles. The van der Waals surface area contributed by atoms with E-state index in [4.69, 9.17) is 5.73 Å². The fourth-order valence-electron chi connectivity index (χ4n) is 2.41. The number of aromatic nitrogens is 1. The number of para-hydroxylation sites is 1. The number of nitrogens with zero attached hydrogens (tertiary/aromatic N) is 1. The smallest absolute Gasteiger partial charge is 0.0483 e. The first-order valence-corrected chi connectivity index (χ1v) is 5.20. The Labute approximate surface area is 83.3 Å². The second-order valence-corrected chi connectivity index (χ2v) is 4.03. The quantitative estimate of drug-likeness (QED) is 0.673. The maximum Gasteiger partial charge on any atom is 0.0483 e. The topological polar surface area (TPSA) is 30.9 Å². The van der Waals surface area contributed by atoms with Crippen molar-refractivity contribution < 1.29 is 0 Å². The van der Waals surface area contributed by atoms with Crippen LogP contribution < -0.4 is 5.73 Å². The lowest BCUT2D eigenvalue weighted by Crippen LogP contribution is -2.20. The van der Waals surface area contributed by atoms with E-state index in [1.165, 1.54) is 23.0 Å². The van der Waals surface area contributed by atoms with Crippen LogP contribution in [0.15, 0.2) is 30.3 Å². The summed E-state index contributed by atoms with van der Waals surface area (Å²) in [4.78, 5) is 0.